The van der Waals surface area contributed by atoms with Gasteiger partial charge in [0.2, 0.25) is 0 Å². The number of nitrogens with one attached hydrogen (secondary N) is 1. The molecule has 0 aliphatic carbocycles. The summed E-state index contributed by atoms with van der Waals surface area (Å²) in [4.78, 5) is 0. The topological polar surface area (TPSA) is 45.0 Å². The van der Waals surface area contributed by atoms with Gasteiger partial charge in [0.15, 0.2) is 0 Å². The van der Waals surface area contributed by atoms with Gasteiger partial charge in [0.05, 0.1) is 18.6 Å². The van der Waals surface area contributed by atoms with E-state index in [1.54, 1.807) is 0 Å². The molecule has 0 unspecified atom stereocenters. The Hall–Kier alpha value is -1.53. The molecule has 1 aliphatic heterocycles. The highest BCUT2D eigenvalue weighted by Gasteiger charge is 2.27. The fourth-order valence-electron chi connectivity index (χ4n) is 2.14. The number of ether oxygens (including phenoxy) is 1. The third kappa shape index (κ3) is 2.17. The molecule has 0 saturated carbocycles. The average Bonchev–Trinajstić information content (AvgIpc) is 2.78. The summed E-state index contributed by atoms with van der Waals surface area (Å²) < 4.78 is 5.40. The van der Waals surface area contributed by atoms with Crippen molar-refractivity contribution in [2.45, 2.75) is 12.8 Å². The van der Waals surface area contributed by atoms with Crippen LogP contribution < -0.4 is 10.1 Å². The molecule has 3 heteroatoms. The predicted molar refractivity (Wildman–Crippen MR) is 62.3 cm³/mol. The summed E-state index contributed by atoms with van der Waals surface area (Å²) in [6, 6.07) is 10.4. The van der Waals surface area contributed by atoms with Gasteiger partial charge in [0.1, 0.15) is 5.75 Å². The molecule has 1 heterocycles. The number of nitriles is 1. The van der Waals surface area contributed by atoms with E-state index in [0.29, 0.717) is 12.5 Å². The molecule has 1 saturated heterocycles. The molecular weight excluding hydrogens is 200 g/mol. The number of nitrogens with zero attached hydrogens (tertiary/aromatic N) is 1. The van der Waals surface area contributed by atoms with Crippen LogP contribution in [0.25, 0.3) is 0 Å². The van der Waals surface area contributed by atoms with Crippen molar-refractivity contribution in [3.8, 4) is 11.8 Å². The molecule has 16 heavy (non-hydrogen) atoms. The third-order valence-corrected chi connectivity index (χ3v) is 3.00. The van der Waals surface area contributed by atoms with E-state index in [1.165, 1.54) is 5.56 Å². The van der Waals surface area contributed by atoms with E-state index in [2.05, 4.69) is 23.5 Å². The van der Waals surface area contributed by atoms with E-state index >= 15 is 0 Å². The van der Waals surface area contributed by atoms with Gasteiger partial charge in [-0.3, -0.25) is 0 Å². The number of hydrogen-bond acceptors (Lipinski definition) is 3. The second-order valence-electron chi connectivity index (χ2n) is 4.00. The highest BCUT2D eigenvalue weighted by atomic mass is 16.5. The summed E-state index contributed by atoms with van der Waals surface area (Å²) in [5, 5.41) is 12.3. The molecule has 0 bridgehead atoms. The third-order valence-electron chi connectivity index (χ3n) is 3.00. The van der Waals surface area contributed by atoms with E-state index < -0.39 is 0 Å². The van der Waals surface area contributed by atoms with Gasteiger partial charge in [-0.2, -0.15) is 5.26 Å². The minimum absolute atomic E-state index is 0.0953. The summed E-state index contributed by atoms with van der Waals surface area (Å²) in [6.07, 6.45) is 0. The molecule has 0 aromatic heterocycles. The monoisotopic (exact) mass is 216 g/mol. The average molecular weight is 216 g/mol. The molecular formula is C13H16N2O. The Morgan fingerprint density at radius 3 is 2.75 bits per heavy atom. The molecule has 1 aliphatic rings. The first-order valence-corrected chi connectivity index (χ1v) is 5.68. The highest BCUT2D eigenvalue weighted by molar-refractivity contribution is 5.31. The Labute approximate surface area is 96.0 Å². The molecule has 1 aromatic carbocycles. The van der Waals surface area contributed by atoms with Crippen LogP contribution in [0.5, 0.6) is 5.75 Å². The van der Waals surface area contributed by atoms with E-state index in [1.807, 2.05) is 19.1 Å². The minimum Gasteiger partial charge on any atom is -0.494 e. The first kappa shape index (κ1) is 11.0. The van der Waals surface area contributed by atoms with Crippen molar-refractivity contribution in [3.63, 3.8) is 0 Å². The number of rotatable bonds is 3. The maximum absolute atomic E-state index is 9.02. The molecule has 1 N–H and O–H groups in total. The molecule has 2 rings (SSSR count). The molecule has 1 aromatic rings. The maximum Gasteiger partial charge on any atom is 0.119 e. The van der Waals surface area contributed by atoms with E-state index in [0.717, 1.165) is 18.8 Å². The van der Waals surface area contributed by atoms with Crippen LogP contribution in [-0.4, -0.2) is 19.7 Å². The minimum atomic E-state index is 0.0953. The predicted octanol–water partition coefficient (Wildman–Crippen LogP) is 1.91. The zero-order valence-corrected chi connectivity index (χ0v) is 9.44. The van der Waals surface area contributed by atoms with Gasteiger partial charge in [-0.25, -0.2) is 0 Å². The quantitative estimate of drug-likeness (QED) is 0.839. The molecule has 0 radical (unpaired) electrons. The van der Waals surface area contributed by atoms with Gasteiger partial charge >= 0.3 is 0 Å². The molecule has 84 valence electrons. The van der Waals surface area contributed by atoms with Crippen molar-refractivity contribution in [1.82, 2.24) is 5.32 Å². The van der Waals surface area contributed by atoms with Crippen LogP contribution in [0.1, 0.15) is 18.4 Å². The first-order chi connectivity index (χ1) is 7.85. The SMILES string of the molecule is CCOc1ccc([C@@H]2CNC[C@H]2C#N)cc1. The van der Waals surface area contributed by atoms with Crippen LogP contribution in [0.4, 0.5) is 0 Å². The van der Waals surface area contributed by atoms with Crippen molar-refractivity contribution < 1.29 is 4.74 Å². The van der Waals surface area contributed by atoms with E-state index in [9.17, 15) is 0 Å². The van der Waals surface area contributed by atoms with Crippen molar-refractivity contribution >= 4 is 0 Å². The lowest BCUT2D eigenvalue weighted by atomic mass is 9.90. The largest absolute Gasteiger partial charge is 0.494 e. The lowest BCUT2D eigenvalue weighted by Gasteiger charge is -2.13. The Bertz CT molecular complexity index is 380. The maximum atomic E-state index is 9.02. The van der Waals surface area contributed by atoms with Gasteiger partial charge in [0.25, 0.3) is 0 Å². The molecule has 1 fully saturated rings. The molecule has 3 nitrogen and oxygen atoms in total. The normalized spacial score (nSPS) is 24.0. The summed E-state index contributed by atoms with van der Waals surface area (Å²) in [6.45, 7) is 4.35. The smallest absolute Gasteiger partial charge is 0.119 e. The molecule has 0 spiro atoms. The highest BCUT2D eigenvalue weighted by Crippen LogP contribution is 2.28. The van der Waals surface area contributed by atoms with Crippen LogP contribution in [0.2, 0.25) is 0 Å². The van der Waals surface area contributed by atoms with Crippen LogP contribution in [0.3, 0.4) is 0 Å². The Morgan fingerprint density at radius 1 is 1.38 bits per heavy atom. The zero-order valence-electron chi connectivity index (χ0n) is 9.44. The lowest BCUT2D eigenvalue weighted by molar-refractivity contribution is 0.340. The van der Waals surface area contributed by atoms with Crippen LogP contribution >= 0.6 is 0 Å². The van der Waals surface area contributed by atoms with Gasteiger partial charge in [0, 0.05) is 19.0 Å². The van der Waals surface area contributed by atoms with Crippen LogP contribution in [-0.2, 0) is 0 Å². The molecule has 2 atom stereocenters. The van der Waals surface area contributed by atoms with Crippen molar-refractivity contribution in [2.75, 3.05) is 19.7 Å². The Balaban J connectivity index is 2.12. The lowest BCUT2D eigenvalue weighted by Crippen LogP contribution is -2.08. The summed E-state index contributed by atoms with van der Waals surface area (Å²) in [7, 11) is 0. The van der Waals surface area contributed by atoms with Crippen molar-refractivity contribution in [1.29, 1.82) is 5.26 Å². The molecule has 0 amide bonds. The number of hydrogen-bond donors (Lipinski definition) is 1. The number of benzene rings is 1. The van der Waals surface area contributed by atoms with Crippen LogP contribution in [0.15, 0.2) is 24.3 Å². The fourth-order valence-corrected chi connectivity index (χ4v) is 2.14. The van der Waals surface area contributed by atoms with Crippen molar-refractivity contribution in [2.24, 2.45) is 5.92 Å². The summed E-state index contributed by atoms with van der Waals surface area (Å²) in [5.74, 6) is 1.31. The second-order valence-corrected chi connectivity index (χ2v) is 4.00. The van der Waals surface area contributed by atoms with E-state index in [-0.39, 0.29) is 5.92 Å². The summed E-state index contributed by atoms with van der Waals surface area (Å²) in [5.41, 5.74) is 1.22. The second kappa shape index (κ2) is 5.00. The zero-order chi connectivity index (χ0) is 11.4. The Kier molecular flexibility index (Phi) is 3.43. The van der Waals surface area contributed by atoms with Crippen LogP contribution in [0, 0.1) is 17.2 Å². The van der Waals surface area contributed by atoms with E-state index in [4.69, 9.17) is 10.00 Å². The van der Waals surface area contributed by atoms with Crippen molar-refractivity contribution in [3.05, 3.63) is 29.8 Å². The standard InChI is InChI=1S/C13H16N2O/c1-2-16-12-5-3-10(4-6-12)13-9-15-8-11(13)7-14/h3-6,11,13,15H,2,8-9H2,1H3/t11-,13+/m1/s1. The summed E-state index contributed by atoms with van der Waals surface area (Å²) >= 11 is 0. The van der Waals surface area contributed by atoms with Gasteiger partial charge in [-0.1, -0.05) is 12.1 Å². The van der Waals surface area contributed by atoms with Gasteiger partial charge < -0.3 is 10.1 Å². The Morgan fingerprint density at radius 2 is 2.12 bits per heavy atom. The van der Waals surface area contributed by atoms with Gasteiger partial charge in [-0.05, 0) is 24.6 Å². The van der Waals surface area contributed by atoms with Gasteiger partial charge in [-0.15, -0.1) is 0 Å². The fraction of sp³-hybridized carbons (Fsp3) is 0.462. The first-order valence-electron chi connectivity index (χ1n) is 5.68.